The summed E-state index contributed by atoms with van der Waals surface area (Å²) in [6.45, 7) is 9.23. The van der Waals surface area contributed by atoms with Crippen molar-refractivity contribution in [3.05, 3.63) is 47.9 Å². The summed E-state index contributed by atoms with van der Waals surface area (Å²) in [5.74, 6) is 1.50. The standard InChI is InChI=1S/C19H26N4O/c1-13(2)9-10-20-19(24)17-11-22-18(12-21-17)23-16-7-5-15(6-8-16)14(3)4/h5-8,11-14H,9-10H2,1-4H3,(H,20,24)(H,22,23). The molecule has 0 saturated carbocycles. The fourth-order valence-corrected chi connectivity index (χ4v) is 2.17. The maximum atomic E-state index is 12.0. The quantitative estimate of drug-likeness (QED) is 0.803. The molecule has 1 amide bonds. The minimum absolute atomic E-state index is 0.184. The molecule has 24 heavy (non-hydrogen) atoms. The predicted octanol–water partition coefficient (Wildman–Crippen LogP) is 4.12. The molecule has 0 atom stereocenters. The number of benzene rings is 1. The van der Waals surface area contributed by atoms with E-state index < -0.39 is 0 Å². The summed E-state index contributed by atoms with van der Waals surface area (Å²) in [4.78, 5) is 20.4. The Morgan fingerprint density at radius 3 is 2.29 bits per heavy atom. The van der Waals surface area contributed by atoms with Crippen molar-refractivity contribution in [2.24, 2.45) is 5.92 Å². The van der Waals surface area contributed by atoms with Crippen molar-refractivity contribution >= 4 is 17.4 Å². The van der Waals surface area contributed by atoms with Crippen molar-refractivity contribution in [2.75, 3.05) is 11.9 Å². The molecular weight excluding hydrogens is 300 g/mol. The Morgan fingerprint density at radius 1 is 1.04 bits per heavy atom. The molecule has 1 aromatic heterocycles. The van der Waals surface area contributed by atoms with Crippen molar-refractivity contribution < 1.29 is 4.79 Å². The second-order valence-electron chi connectivity index (χ2n) is 6.63. The van der Waals surface area contributed by atoms with Crippen LogP contribution in [0.3, 0.4) is 0 Å². The van der Waals surface area contributed by atoms with Crippen molar-refractivity contribution in [1.29, 1.82) is 0 Å². The molecule has 0 bridgehead atoms. The predicted molar refractivity (Wildman–Crippen MR) is 97.6 cm³/mol. The van der Waals surface area contributed by atoms with Crippen LogP contribution in [0.1, 0.15) is 56.1 Å². The van der Waals surface area contributed by atoms with Gasteiger partial charge >= 0.3 is 0 Å². The summed E-state index contributed by atoms with van der Waals surface area (Å²) >= 11 is 0. The molecule has 0 unspecified atom stereocenters. The van der Waals surface area contributed by atoms with Crippen LogP contribution in [0.2, 0.25) is 0 Å². The second kappa shape index (κ2) is 8.43. The van der Waals surface area contributed by atoms with Gasteiger partial charge in [-0.15, -0.1) is 0 Å². The largest absolute Gasteiger partial charge is 0.351 e. The molecule has 0 aliphatic heterocycles. The number of nitrogens with zero attached hydrogens (tertiary/aromatic N) is 2. The smallest absolute Gasteiger partial charge is 0.271 e. The first-order chi connectivity index (χ1) is 11.5. The third-order valence-corrected chi connectivity index (χ3v) is 3.74. The third-order valence-electron chi connectivity index (χ3n) is 3.74. The molecule has 1 aromatic carbocycles. The van der Waals surface area contributed by atoms with E-state index in [1.54, 1.807) is 6.20 Å². The van der Waals surface area contributed by atoms with Crippen LogP contribution in [0.25, 0.3) is 0 Å². The van der Waals surface area contributed by atoms with Crippen LogP contribution in [0, 0.1) is 5.92 Å². The minimum atomic E-state index is -0.184. The SMILES string of the molecule is CC(C)CCNC(=O)c1cnc(Nc2ccc(C(C)C)cc2)cn1. The molecule has 0 saturated heterocycles. The van der Waals surface area contributed by atoms with E-state index in [4.69, 9.17) is 0 Å². The molecule has 1 heterocycles. The highest BCUT2D eigenvalue weighted by Gasteiger charge is 2.08. The van der Waals surface area contributed by atoms with Crippen LogP contribution in [0.5, 0.6) is 0 Å². The molecule has 2 aromatic rings. The molecule has 128 valence electrons. The van der Waals surface area contributed by atoms with Crippen LogP contribution in [0.15, 0.2) is 36.7 Å². The monoisotopic (exact) mass is 326 g/mol. The molecule has 5 heteroatoms. The maximum Gasteiger partial charge on any atom is 0.271 e. The first-order valence-electron chi connectivity index (χ1n) is 8.43. The number of anilines is 2. The van der Waals surface area contributed by atoms with Crippen LogP contribution >= 0.6 is 0 Å². The van der Waals surface area contributed by atoms with Gasteiger partial charge in [0.25, 0.3) is 5.91 Å². The molecular formula is C19H26N4O. The Hall–Kier alpha value is -2.43. The van der Waals surface area contributed by atoms with E-state index >= 15 is 0 Å². The zero-order valence-corrected chi connectivity index (χ0v) is 14.8. The van der Waals surface area contributed by atoms with Gasteiger partial charge in [-0.1, -0.05) is 39.8 Å². The van der Waals surface area contributed by atoms with E-state index in [0.29, 0.717) is 29.9 Å². The highest BCUT2D eigenvalue weighted by molar-refractivity contribution is 5.92. The first-order valence-corrected chi connectivity index (χ1v) is 8.43. The van der Waals surface area contributed by atoms with Crippen molar-refractivity contribution in [2.45, 2.75) is 40.0 Å². The molecule has 5 nitrogen and oxygen atoms in total. The fraction of sp³-hybridized carbons (Fsp3) is 0.421. The van der Waals surface area contributed by atoms with Crippen molar-refractivity contribution in [1.82, 2.24) is 15.3 Å². The van der Waals surface area contributed by atoms with Gasteiger partial charge in [0, 0.05) is 12.2 Å². The lowest BCUT2D eigenvalue weighted by atomic mass is 10.0. The number of nitrogens with one attached hydrogen (secondary N) is 2. The highest BCUT2D eigenvalue weighted by atomic mass is 16.1. The lowest BCUT2D eigenvalue weighted by molar-refractivity contribution is 0.0946. The zero-order valence-electron chi connectivity index (χ0n) is 14.8. The lowest BCUT2D eigenvalue weighted by Gasteiger charge is -2.09. The number of amides is 1. The van der Waals surface area contributed by atoms with Gasteiger partial charge in [-0.05, 0) is 36.0 Å². The zero-order chi connectivity index (χ0) is 17.5. The van der Waals surface area contributed by atoms with Crippen molar-refractivity contribution in [3.63, 3.8) is 0 Å². The van der Waals surface area contributed by atoms with E-state index in [-0.39, 0.29) is 5.91 Å². The van der Waals surface area contributed by atoms with Gasteiger partial charge in [-0.2, -0.15) is 0 Å². The van der Waals surface area contributed by atoms with Gasteiger partial charge in [0.2, 0.25) is 0 Å². The number of carbonyl (C=O) groups excluding carboxylic acids is 1. The van der Waals surface area contributed by atoms with Gasteiger partial charge < -0.3 is 10.6 Å². The second-order valence-corrected chi connectivity index (χ2v) is 6.63. The van der Waals surface area contributed by atoms with Gasteiger partial charge in [-0.3, -0.25) is 4.79 Å². The molecule has 2 N–H and O–H groups in total. The van der Waals surface area contributed by atoms with Crippen LogP contribution in [0.4, 0.5) is 11.5 Å². The van der Waals surface area contributed by atoms with E-state index in [9.17, 15) is 4.79 Å². The van der Waals surface area contributed by atoms with E-state index in [1.807, 2.05) is 12.1 Å². The number of hydrogen-bond acceptors (Lipinski definition) is 4. The fourth-order valence-electron chi connectivity index (χ4n) is 2.17. The average molecular weight is 326 g/mol. The summed E-state index contributed by atoms with van der Waals surface area (Å²) in [5, 5.41) is 6.04. The van der Waals surface area contributed by atoms with Gasteiger partial charge in [-0.25, -0.2) is 9.97 Å². The number of aromatic nitrogens is 2. The first kappa shape index (κ1) is 17.9. The third kappa shape index (κ3) is 5.33. The lowest BCUT2D eigenvalue weighted by Crippen LogP contribution is -2.26. The highest BCUT2D eigenvalue weighted by Crippen LogP contribution is 2.19. The maximum absolute atomic E-state index is 12.0. The summed E-state index contributed by atoms with van der Waals surface area (Å²) in [6.07, 6.45) is 4.02. The number of rotatable bonds is 7. The van der Waals surface area contributed by atoms with E-state index in [0.717, 1.165) is 12.1 Å². The molecule has 0 spiro atoms. The Morgan fingerprint density at radius 2 is 1.75 bits per heavy atom. The minimum Gasteiger partial charge on any atom is -0.351 e. The number of hydrogen-bond donors (Lipinski definition) is 2. The summed E-state index contributed by atoms with van der Waals surface area (Å²) < 4.78 is 0. The molecule has 0 fully saturated rings. The van der Waals surface area contributed by atoms with Crippen LogP contribution in [-0.2, 0) is 0 Å². The summed E-state index contributed by atoms with van der Waals surface area (Å²) in [6, 6.07) is 8.22. The molecule has 0 radical (unpaired) electrons. The summed E-state index contributed by atoms with van der Waals surface area (Å²) in [7, 11) is 0. The van der Waals surface area contributed by atoms with Crippen molar-refractivity contribution in [3.8, 4) is 0 Å². The Bertz CT molecular complexity index is 648. The molecule has 2 rings (SSSR count). The Labute approximate surface area is 143 Å². The normalized spacial score (nSPS) is 10.9. The topological polar surface area (TPSA) is 66.9 Å². The van der Waals surface area contributed by atoms with E-state index in [2.05, 4.69) is 60.4 Å². The van der Waals surface area contributed by atoms with Gasteiger partial charge in [0.1, 0.15) is 11.5 Å². The van der Waals surface area contributed by atoms with E-state index in [1.165, 1.54) is 11.8 Å². The summed E-state index contributed by atoms with van der Waals surface area (Å²) in [5.41, 5.74) is 2.57. The van der Waals surface area contributed by atoms with Crippen LogP contribution in [-0.4, -0.2) is 22.4 Å². The van der Waals surface area contributed by atoms with Gasteiger partial charge in [0.05, 0.1) is 12.4 Å². The Kier molecular flexibility index (Phi) is 6.29. The molecule has 0 aliphatic carbocycles. The molecule has 0 aliphatic rings. The van der Waals surface area contributed by atoms with Gasteiger partial charge in [0.15, 0.2) is 0 Å². The average Bonchev–Trinajstić information content (AvgIpc) is 2.55. The van der Waals surface area contributed by atoms with Crippen LogP contribution < -0.4 is 10.6 Å². The Balaban J connectivity index is 1.92. The number of carbonyl (C=O) groups is 1.